The van der Waals surface area contributed by atoms with E-state index in [4.69, 9.17) is 18.9 Å². The van der Waals surface area contributed by atoms with Crippen LogP contribution in [-0.4, -0.2) is 57.5 Å². The molecule has 0 saturated carbocycles. The Kier molecular flexibility index (Phi) is 10.9. The molecule has 0 aliphatic carbocycles. The predicted octanol–water partition coefficient (Wildman–Crippen LogP) is 2.31. The summed E-state index contributed by atoms with van der Waals surface area (Å²) in [7, 11) is 1.55. The normalized spacial score (nSPS) is 10.4. The molecule has 0 spiro atoms. The van der Waals surface area contributed by atoms with Crippen LogP contribution < -0.4 is 25.0 Å². The number of hydrogen-bond acceptors (Lipinski definition) is 8. The lowest BCUT2D eigenvalue weighted by Crippen LogP contribution is -2.29. The van der Waals surface area contributed by atoms with E-state index >= 15 is 0 Å². The zero-order valence-corrected chi connectivity index (χ0v) is 19.5. The Bertz CT molecular complexity index is 991. The molecule has 182 valence electrons. The molecule has 0 aromatic heterocycles. The number of esters is 1. The Morgan fingerprint density at radius 1 is 0.971 bits per heavy atom. The largest absolute Gasteiger partial charge is 0.497 e. The summed E-state index contributed by atoms with van der Waals surface area (Å²) in [5, 5.41) is 6.60. The van der Waals surface area contributed by atoms with Crippen molar-refractivity contribution in [1.82, 2.24) is 10.7 Å². The molecule has 10 heteroatoms. The van der Waals surface area contributed by atoms with Gasteiger partial charge in [-0.2, -0.15) is 5.10 Å². The van der Waals surface area contributed by atoms with E-state index in [1.807, 2.05) is 6.92 Å². The topological polar surface area (TPSA) is 125 Å². The van der Waals surface area contributed by atoms with E-state index in [0.717, 1.165) is 0 Å². The van der Waals surface area contributed by atoms with Gasteiger partial charge in [-0.05, 0) is 61.9 Å². The average molecular weight is 472 g/mol. The Labute approximate surface area is 198 Å². The Hall–Kier alpha value is -4.08. The number of hydrazone groups is 1. The summed E-state index contributed by atoms with van der Waals surface area (Å²) in [6.07, 6.45) is 1.51. The highest BCUT2D eigenvalue weighted by atomic mass is 16.6. The lowest BCUT2D eigenvalue weighted by Gasteiger charge is -2.12. The van der Waals surface area contributed by atoms with Crippen LogP contribution in [0.3, 0.4) is 0 Å². The molecule has 2 N–H and O–H groups in total. The van der Waals surface area contributed by atoms with E-state index in [9.17, 15) is 14.4 Å². The fraction of sp³-hybridized carbons (Fsp3) is 0.333. The highest BCUT2D eigenvalue weighted by Gasteiger charge is 2.10. The first kappa shape index (κ1) is 26.2. The van der Waals surface area contributed by atoms with Crippen molar-refractivity contribution in [1.29, 1.82) is 0 Å². The molecule has 0 atom stereocenters. The number of carbonyl (C=O) groups is 3. The van der Waals surface area contributed by atoms with Crippen molar-refractivity contribution in [2.75, 3.05) is 33.5 Å². The van der Waals surface area contributed by atoms with Gasteiger partial charge in [0.25, 0.3) is 5.91 Å². The van der Waals surface area contributed by atoms with Crippen molar-refractivity contribution in [3.8, 4) is 17.2 Å². The number of rotatable bonds is 13. The van der Waals surface area contributed by atoms with Crippen molar-refractivity contribution < 1.29 is 33.3 Å². The van der Waals surface area contributed by atoms with E-state index in [1.54, 1.807) is 56.5 Å². The van der Waals surface area contributed by atoms with Crippen molar-refractivity contribution >= 4 is 24.0 Å². The summed E-state index contributed by atoms with van der Waals surface area (Å²) in [5.41, 5.74) is 3.53. The summed E-state index contributed by atoms with van der Waals surface area (Å²) < 4.78 is 20.9. The van der Waals surface area contributed by atoms with E-state index in [1.165, 1.54) is 6.21 Å². The standard InChI is InChI=1S/C24H29N3O7/c1-4-32-21-14-17(6-11-20(21)34-16-23(29)33-5-2)15-26-27-22(28)12-13-25-24(30)18-7-9-19(31-3)10-8-18/h6-11,14-15H,4-5,12-13,16H2,1-3H3,(H,25,30)(H,27,28). The van der Waals surface area contributed by atoms with E-state index in [0.29, 0.717) is 35.0 Å². The second kappa shape index (κ2) is 14.1. The first-order chi connectivity index (χ1) is 16.5. The predicted molar refractivity (Wildman–Crippen MR) is 125 cm³/mol. The van der Waals surface area contributed by atoms with Gasteiger partial charge in [-0.1, -0.05) is 0 Å². The minimum absolute atomic E-state index is 0.0596. The van der Waals surface area contributed by atoms with Gasteiger partial charge in [0.05, 0.1) is 26.5 Å². The molecule has 0 saturated heterocycles. The molecule has 0 aliphatic heterocycles. The van der Waals surface area contributed by atoms with Crippen LogP contribution in [0.2, 0.25) is 0 Å². The quantitative estimate of drug-likeness (QED) is 0.261. The van der Waals surface area contributed by atoms with Gasteiger partial charge in [0.15, 0.2) is 18.1 Å². The SMILES string of the molecule is CCOC(=O)COc1ccc(C=NNC(=O)CCNC(=O)c2ccc(OC)cc2)cc1OCC. The summed E-state index contributed by atoms with van der Waals surface area (Å²) in [4.78, 5) is 35.6. The van der Waals surface area contributed by atoms with Gasteiger partial charge in [-0.3, -0.25) is 9.59 Å². The molecule has 0 bridgehead atoms. The third kappa shape index (κ3) is 8.81. The maximum atomic E-state index is 12.1. The molecule has 10 nitrogen and oxygen atoms in total. The minimum Gasteiger partial charge on any atom is -0.497 e. The van der Waals surface area contributed by atoms with Crippen LogP contribution in [0.5, 0.6) is 17.2 Å². The second-order valence-electron chi connectivity index (χ2n) is 6.76. The van der Waals surface area contributed by atoms with Crippen molar-refractivity contribution in [2.45, 2.75) is 20.3 Å². The molecule has 0 radical (unpaired) electrons. The smallest absolute Gasteiger partial charge is 0.344 e. The molecule has 0 unspecified atom stereocenters. The number of hydrogen-bond donors (Lipinski definition) is 2. The molecular formula is C24H29N3O7. The zero-order chi connectivity index (χ0) is 24.8. The molecule has 2 amide bonds. The highest BCUT2D eigenvalue weighted by Crippen LogP contribution is 2.28. The second-order valence-corrected chi connectivity index (χ2v) is 6.76. The number of methoxy groups -OCH3 is 1. The van der Waals surface area contributed by atoms with Crippen molar-refractivity contribution in [3.05, 3.63) is 53.6 Å². The first-order valence-corrected chi connectivity index (χ1v) is 10.8. The first-order valence-electron chi connectivity index (χ1n) is 10.8. The lowest BCUT2D eigenvalue weighted by atomic mass is 10.2. The molecule has 2 aromatic carbocycles. The average Bonchev–Trinajstić information content (AvgIpc) is 2.84. The van der Waals surface area contributed by atoms with Crippen LogP contribution in [0.4, 0.5) is 0 Å². The summed E-state index contributed by atoms with van der Waals surface area (Å²) in [5.74, 6) is 0.366. The number of carbonyl (C=O) groups excluding carboxylic acids is 3. The van der Waals surface area contributed by atoms with Crippen LogP contribution in [0.1, 0.15) is 36.2 Å². The summed E-state index contributed by atoms with van der Waals surface area (Å²) >= 11 is 0. The van der Waals surface area contributed by atoms with Gasteiger partial charge in [0.1, 0.15) is 5.75 Å². The van der Waals surface area contributed by atoms with Gasteiger partial charge < -0.3 is 24.3 Å². The third-order valence-corrected chi connectivity index (χ3v) is 4.31. The summed E-state index contributed by atoms with van der Waals surface area (Å²) in [6, 6.07) is 11.7. The number of ether oxygens (including phenoxy) is 4. The number of nitrogens with zero attached hydrogens (tertiary/aromatic N) is 1. The fourth-order valence-electron chi connectivity index (χ4n) is 2.70. The molecule has 2 aromatic rings. The zero-order valence-electron chi connectivity index (χ0n) is 19.5. The van der Waals surface area contributed by atoms with E-state index in [-0.39, 0.29) is 38.0 Å². The van der Waals surface area contributed by atoms with Crippen molar-refractivity contribution in [3.63, 3.8) is 0 Å². The van der Waals surface area contributed by atoms with Crippen LogP contribution in [0, 0.1) is 0 Å². The van der Waals surface area contributed by atoms with Crippen LogP contribution in [-0.2, 0) is 14.3 Å². The van der Waals surface area contributed by atoms with Crippen molar-refractivity contribution in [2.24, 2.45) is 5.10 Å². The van der Waals surface area contributed by atoms with Gasteiger partial charge >= 0.3 is 5.97 Å². The molecule has 0 fully saturated rings. The molecule has 0 heterocycles. The lowest BCUT2D eigenvalue weighted by molar-refractivity contribution is -0.145. The molecular weight excluding hydrogens is 442 g/mol. The van der Waals surface area contributed by atoms with E-state index in [2.05, 4.69) is 15.8 Å². The maximum absolute atomic E-state index is 12.1. The monoisotopic (exact) mass is 471 g/mol. The Balaban J connectivity index is 1.81. The van der Waals surface area contributed by atoms with Crippen LogP contribution >= 0.6 is 0 Å². The highest BCUT2D eigenvalue weighted by molar-refractivity contribution is 5.94. The number of amides is 2. The van der Waals surface area contributed by atoms with Gasteiger partial charge in [0, 0.05) is 18.5 Å². The van der Waals surface area contributed by atoms with Gasteiger partial charge in [-0.15, -0.1) is 0 Å². The molecule has 2 rings (SSSR count). The minimum atomic E-state index is -0.474. The Morgan fingerprint density at radius 2 is 1.74 bits per heavy atom. The third-order valence-electron chi connectivity index (χ3n) is 4.31. The molecule has 34 heavy (non-hydrogen) atoms. The molecule has 0 aliphatic rings. The fourth-order valence-corrected chi connectivity index (χ4v) is 2.70. The summed E-state index contributed by atoms with van der Waals surface area (Å²) in [6.45, 7) is 4.14. The van der Waals surface area contributed by atoms with E-state index < -0.39 is 5.97 Å². The Morgan fingerprint density at radius 3 is 2.41 bits per heavy atom. The van der Waals surface area contributed by atoms with Crippen LogP contribution in [0.25, 0.3) is 0 Å². The van der Waals surface area contributed by atoms with Gasteiger partial charge in [-0.25, -0.2) is 10.2 Å². The van der Waals surface area contributed by atoms with Gasteiger partial charge in [0.2, 0.25) is 5.91 Å². The number of benzene rings is 2. The maximum Gasteiger partial charge on any atom is 0.344 e. The van der Waals surface area contributed by atoms with Crippen LogP contribution in [0.15, 0.2) is 47.6 Å². The number of nitrogens with one attached hydrogen (secondary N) is 2.